The maximum Gasteiger partial charge on any atom is 0.238 e. The first-order chi connectivity index (χ1) is 27.0. The molecule has 312 valence electrons. The third-order valence-corrected chi connectivity index (χ3v) is 10.9. The summed E-state index contributed by atoms with van der Waals surface area (Å²) in [5.41, 5.74) is 4.10. The predicted molar refractivity (Wildman–Crippen MR) is 239 cm³/mol. The van der Waals surface area contributed by atoms with Crippen molar-refractivity contribution in [2.75, 3.05) is 49.9 Å². The van der Waals surface area contributed by atoms with Gasteiger partial charge in [-0.15, -0.1) is 0 Å². The van der Waals surface area contributed by atoms with Gasteiger partial charge in [-0.25, -0.2) is 0 Å². The molecule has 0 spiro atoms. The first-order valence-electron chi connectivity index (χ1n) is 23.2. The normalized spacial score (nSPS) is 11.5. The zero-order valence-electron chi connectivity index (χ0n) is 36.3. The molecule has 0 aliphatic heterocycles. The van der Waals surface area contributed by atoms with Crippen LogP contribution in [0.3, 0.4) is 0 Å². The second-order valence-corrected chi connectivity index (χ2v) is 16.3. The SMILES string of the molecule is CCCCCCCCN(CCCCCCCC)CC(=O)Nc1ccc(Cc2ccc(NC(=O)CN(CCCCCCCC)CCCCCCCC)cc2)cc1. The van der Waals surface area contributed by atoms with Crippen LogP contribution in [0.1, 0.15) is 193 Å². The molecule has 2 aromatic rings. The number of rotatable bonds is 36. The van der Waals surface area contributed by atoms with E-state index in [1.54, 1.807) is 0 Å². The zero-order chi connectivity index (χ0) is 39.6. The molecule has 0 unspecified atom stereocenters. The van der Waals surface area contributed by atoms with Gasteiger partial charge in [0.1, 0.15) is 0 Å². The molecule has 0 aliphatic rings. The molecule has 0 bridgehead atoms. The largest absolute Gasteiger partial charge is 0.325 e. The standard InChI is InChI=1S/C49H84N4O2/c1-5-9-13-17-21-25-37-52(38-26-22-18-14-10-6-2)42-48(54)50-46-33-29-44(30-34-46)41-45-31-35-47(36-32-45)51-49(55)43-53(39-27-23-19-15-11-7-3)40-28-24-20-16-12-8-4/h29-36H,5-28,37-43H2,1-4H3,(H,50,54)(H,51,55). The van der Waals surface area contributed by atoms with E-state index in [2.05, 4.69) is 72.4 Å². The van der Waals surface area contributed by atoms with Crippen LogP contribution in [0, 0.1) is 0 Å². The molecule has 55 heavy (non-hydrogen) atoms. The molecule has 2 N–H and O–H groups in total. The molecule has 2 amide bonds. The molecule has 2 rings (SSSR count). The number of carbonyl (C=O) groups is 2. The third kappa shape index (κ3) is 26.0. The van der Waals surface area contributed by atoms with E-state index in [4.69, 9.17) is 0 Å². The summed E-state index contributed by atoms with van der Waals surface area (Å²) in [5, 5.41) is 6.31. The Hall–Kier alpha value is -2.70. The van der Waals surface area contributed by atoms with Gasteiger partial charge in [-0.3, -0.25) is 19.4 Å². The fraction of sp³-hybridized carbons (Fsp3) is 0.714. The fourth-order valence-electron chi connectivity index (χ4n) is 7.46. The molecular weight excluding hydrogens is 677 g/mol. The maximum atomic E-state index is 13.1. The van der Waals surface area contributed by atoms with Crippen molar-refractivity contribution in [3.8, 4) is 0 Å². The molecule has 0 fully saturated rings. The maximum absolute atomic E-state index is 13.1. The lowest BCUT2D eigenvalue weighted by Crippen LogP contribution is -2.34. The van der Waals surface area contributed by atoms with Gasteiger partial charge in [0.25, 0.3) is 0 Å². The molecule has 0 saturated carbocycles. The van der Waals surface area contributed by atoms with Gasteiger partial charge in [0.2, 0.25) is 11.8 Å². The number of nitrogens with zero attached hydrogens (tertiary/aromatic N) is 2. The Bertz CT molecular complexity index is 1070. The smallest absolute Gasteiger partial charge is 0.238 e. The summed E-state index contributed by atoms with van der Waals surface area (Å²) < 4.78 is 0. The minimum atomic E-state index is 0.0790. The minimum absolute atomic E-state index is 0.0790. The Morgan fingerprint density at radius 3 is 0.909 bits per heavy atom. The van der Waals surface area contributed by atoms with E-state index in [9.17, 15) is 9.59 Å². The average molecular weight is 761 g/mol. The van der Waals surface area contributed by atoms with Crippen LogP contribution in [0.2, 0.25) is 0 Å². The number of hydrogen-bond donors (Lipinski definition) is 2. The molecule has 0 heterocycles. The van der Waals surface area contributed by atoms with E-state index in [-0.39, 0.29) is 11.8 Å². The molecule has 0 saturated heterocycles. The fourth-order valence-corrected chi connectivity index (χ4v) is 7.46. The van der Waals surface area contributed by atoms with Gasteiger partial charge in [0, 0.05) is 11.4 Å². The monoisotopic (exact) mass is 761 g/mol. The van der Waals surface area contributed by atoms with E-state index >= 15 is 0 Å². The van der Waals surface area contributed by atoms with Crippen molar-refractivity contribution < 1.29 is 9.59 Å². The van der Waals surface area contributed by atoms with Crippen LogP contribution in [-0.2, 0) is 16.0 Å². The number of unbranched alkanes of at least 4 members (excludes halogenated alkanes) is 20. The average Bonchev–Trinajstić information content (AvgIpc) is 3.18. The van der Waals surface area contributed by atoms with Crippen molar-refractivity contribution in [3.63, 3.8) is 0 Å². The van der Waals surface area contributed by atoms with E-state index in [0.29, 0.717) is 13.1 Å². The lowest BCUT2D eigenvalue weighted by atomic mass is 10.0. The highest BCUT2D eigenvalue weighted by Gasteiger charge is 2.13. The van der Waals surface area contributed by atoms with Gasteiger partial charge in [0.15, 0.2) is 0 Å². The number of carbonyl (C=O) groups excluding carboxylic acids is 2. The lowest BCUT2D eigenvalue weighted by molar-refractivity contribution is -0.118. The zero-order valence-corrected chi connectivity index (χ0v) is 36.3. The molecule has 2 aromatic carbocycles. The summed E-state index contributed by atoms with van der Waals surface area (Å²) in [6, 6.07) is 16.5. The Kier molecular flexibility index (Phi) is 29.5. The van der Waals surface area contributed by atoms with Gasteiger partial charge < -0.3 is 10.6 Å². The van der Waals surface area contributed by atoms with Crippen molar-refractivity contribution in [2.45, 2.75) is 188 Å². The van der Waals surface area contributed by atoms with Crippen LogP contribution in [0.5, 0.6) is 0 Å². The number of anilines is 2. The van der Waals surface area contributed by atoms with Crippen LogP contribution in [0.15, 0.2) is 48.5 Å². The number of nitrogens with one attached hydrogen (secondary N) is 2. The molecular formula is C49H84N4O2. The molecule has 6 heteroatoms. The summed E-state index contributed by atoms with van der Waals surface area (Å²) in [5.74, 6) is 0.158. The Morgan fingerprint density at radius 2 is 0.636 bits per heavy atom. The summed E-state index contributed by atoms with van der Waals surface area (Å²) in [4.78, 5) is 31.0. The highest BCUT2D eigenvalue weighted by Crippen LogP contribution is 2.17. The highest BCUT2D eigenvalue weighted by molar-refractivity contribution is 5.92. The van der Waals surface area contributed by atoms with E-state index in [1.165, 1.54) is 165 Å². The predicted octanol–water partition coefficient (Wildman–Crippen LogP) is 13.2. The second kappa shape index (κ2) is 33.4. The number of benzene rings is 2. The van der Waals surface area contributed by atoms with E-state index in [0.717, 1.165) is 44.0 Å². The molecule has 0 atom stereocenters. The van der Waals surface area contributed by atoms with Crippen molar-refractivity contribution >= 4 is 23.2 Å². The van der Waals surface area contributed by atoms with Gasteiger partial charge in [-0.05, 0) is 93.7 Å². The Labute approximate surface area is 339 Å². The number of hydrogen-bond acceptors (Lipinski definition) is 4. The quantitative estimate of drug-likeness (QED) is 0.0679. The topological polar surface area (TPSA) is 64.7 Å². The minimum Gasteiger partial charge on any atom is -0.325 e. The molecule has 6 nitrogen and oxygen atoms in total. The summed E-state index contributed by atoms with van der Waals surface area (Å²) in [6.07, 6.45) is 31.4. The van der Waals surface area contributed by atoms with Crippen LogP contribution in [-0.4, -0.2) is 60.9 Å². The van der Waals surface area contributed by atoms with Crippen LogP contribution >= 0.6 is 0 Å². The van der Waals surface area contributed by atoms with Crippen LogP contribution in [0.25, 0.3) is 0 Å². The van der Waals surface area contributed by atoms with Crippen molar-refractivity contribution in [2.24, 2.45) is 0 Å². The third-order valence-electron chi connectivity index (χ3n) is 10.9. The lowest BCUT2D eigenvalue weighted by Gasteiger charge is -2.22. The van der Waals surface area contributed by atoms with E-state index in [1.807, 2.05) is 24.3 Å². The second-order valence-electron chi connectivity index (χ2n) is 16.3. The highest BCUT2D eigenvalue weighted by atomic mass is 16.2. The molecule has 0 radical (unpaired) electrons. The Balaban J connectivity index is 1.82. The van der Waals surface area contributed by atoms with Crippen molar-refractivity contribution in [1.82, 2.24) is 9.80 Å². The first-order valence-corrected chi connectivity index (χ1v) is 23.2. The Morgan fingerprint density at radius 1 is 0.382 bits per heavy atom. The van der Waals surface area contributed by atoms with Crippen LogP contribution in [0.4, 0.5) is 11.4 Å². The van der Waals surface area contributed by atoms with Crippen LogP contribution < -0.4 is 10.6 Å². The summed E-state index contributed by atoms with van der Waals surface area (Å²) in [7, 11) is 0. The van der Waals surface area contributed by atoms with Gasteiger partial charge in [-0.1, -0.05) is 180 Å². The number of amides is 2. The molecule has 0 aromatic heterocycles. The molecule has 0 aliphatic carbocycles. The van der Waals surface area contributed by atoms with Gasteiger partial charge >= 0.3 is 0 Å². The van der Waals surface area contributed by atoms with Crippen molar-refractivity contribution in [3.05, 3.63) is 59.7 Å². The van der Waals surface area contributed by atoms with Crippen molar-refractivity contribution in [1.29, 1.82) is 0 Å². The first kappa shape index (κ1) is 48.4. The van der Waals surface area contributed by atoms with Gasteiger partial charge in [-0.2, -0.15) is 0 Å². The summed E-state index contributed by atoms with van der Waals surface area (Å²) in [6.45, 7) is 14.0. The van der Waals surface area contributed by atoms with E-state index < -0.39 is 0 Å². The summed E-state index contributed by atoms with van der Waals surface area (Å²) >= 11 is 0. The van der Waals surface area contributed by atoms with Gasteiger partial charge in [0.05, 0.1) is 13.1 Å².